The minimum Gasteiger partial charge on any atom is -0.454 e. The van der Waals surface area contributed by atoms with Gasteiger partial charge >= 0.3 is 5.97 Å². The smallest absolute Gasteiger partial charge is 0.326 e. The van der Waals surface area contributed by atoms with Gasteiger partial charge in [0.25, 0.3) is 10.1 Å². The maximum atomic E-state index is 12.3. The van der Waals surface area contributed by atoms with Gasteiger partial charge in [-0.05, 0) is 32.6 Å². The van der Waals surface area contributed by atoms with Crippen LogP contribution in [-0.4, -0.2) is 43.8 Å². The second-order valence-electron chi connectivity index (χ2n) is 7.86. The molecule has 8 heteroatoms. The predicted octanol–water partition coefficient (Wildman–Crippen LogP) is 1.39. The molecule has 0 spiro atoms. The Hall–Kier alpha value is -1.41. The maximum absolute atomic E-state index is 12.3. The fourth-order valence-corrected chi connectivity index (χ4v) is 6.50. The summed E-state index contributed by atoms with van der Waals surface area (Å²) < 4.78 is 35.7. The molecule has 0 aromatic carbocycles. The molecule has 1 aliphatic carbocycles. The molecule has 2 fully saturated rings. The number of carbonyl (C=O) groups is 2. The van der Waals surface area contributed by atoms with Crippen LogP contribution in [0.4, 0.5) is 0 Å². The van der Waals surface area contributed by atoms with Gasteiger partial charge < -0.3 is 10.1 Å². The largest absolute Gasteiger partial charge is 0.454 e. The van der Waals surface area contributed by atoms with Crippen molar-refractivity contribution in [2.24, 2.45) is 17.3 Å². The number of ether oxygens (including phenoxy) is 1. The highest BCUT2D eigenvalue weighted by Gasteiger charge is 2.76. The van der Waals surface area contributed by atoms with Crippen LogP contribution in [0.2, 0.25) is 0 Å². The van der Waals surface area contributed by atoms with Gasteiger partial charge in [-0.1, -0.05) is 27.4 Å². The molecule has 1 N–H and O–H groups in total. The summed E-state index contributed by atoms with van der Waals surface area (Å²) in [5, 5.41) is 2.43. The van der Waals surface area contributed by atoms with Crippen LogP contribution in [0.1, 0.15) is 41.5 Å². The molecule has 1 saturated carbocycles. The van der Waals surface area contributed by atoms with Crippen molar-refractivity contribution in [1.82, 2.24) is 5.32 Å². The normalized spacial score (nSPS) is 41.8. The van der Waals surface area contributed by atoms with Gasteiger partial charge in [-0.2, -0.15) is 8.42 Å². The van der Waals surface area contributed by atoms with Crippen molar-refractivity contribution in [2.75, 3.05) is 12.3 Å². The fourth-order valence-electron chi connectivity index (χ4n) is 4.33. The molecule has 1 aliphatic heterocycles. The molecule has 7 nitrogen and oxygen atoms in total. The highest BCUT2D eigenvalue weighted by atomic mass is 32.2. The van der Waals surface area contributed by atoms with Gasteiger partial charge in [-0.3, -0.25) is 13.8 Å². The summed E-state index contributed by atoms with van der Waals surface area (Å²) in [7, 11) is -3.72. The molecule has 0 radical (unpaired) electrons. The van der Waals surface area contributed by atoms with Crippen molar-refractivity contribution in [3.8, 4) is 0 Å². The van der Waals surface area contributed by atoms with E-state index in [2.05, 4.69) is 11.9 Å². The lowest BCUT2D eigenvalue weighted by atomic mass is 9.70. The van der Waals surface area contributed by atoms with Gasteiger partial charge in [0, 0.05) is 11.0 Å². The SMILES string of the molecule is C=C(C)C(=O)NCC(=O)OC1(C)C2(C)CS(=O)(=O)OC1(C)C(C)C2C. The molecular formula is C17H27NO6S. The highest BCUT2D eigenvalue weighted by molar-refractivity contribution is 7.86. The molecule has 142 valence electrons. The Morgan fingerprint density at radius 1 is 1.24 bits per heavy atom. The number of esters is 1. The molecule has 2 rings (SSSR count). The van der Waals surface area contributed by atoms with Gasteiger partial charge in [0.05, 0.1) is 5.75 Å². The third kappa shape index (κ3) is 2.79. The molecule has 1 heterocycles. The van der Waals surface area contributed by atoms with E-state index in [-0.39, 0.29) is 29.7 Å². The van der Waals surface area contributed by atoms with Crippen LogP contribution in [0.15, 0.2) is 12.2 Å². The molecule has 2 bridgehead atoms. The average Bonchev–Trinajstić information content (AvgIpc) is 2.53. The second kappa shape index (κ2) is 5.81. The van der Waals surface area contributed by atoms with Gasteiger partial charge in [0.2, 0.25) is 5.91 Å². The Morgan fingerprint density at radius 2 is 1.80 bits per heavy atom. The number of nitrogens with one attached hydrogen (secondary N) is 1. The van der Waals surface area contributed by atoms with E-state index in [0.717, 1.165) is 0 Å². The monoisotopic (exact) mass is 373 g/mol. The average molecular weight is 373 g/mol. The topological polar surface area (TPSA) is 98.8 Å². The number of carbonyl (C=O) groups excluding carboxylic acids is 2. The van der Waals surface area contributed by atoms with E-state index in [1.165, 1.54) is 6.92 Å². The second-order valence-corrected chi connectivity index (χ2v) is 9.43. The van der Waals surface area contributed by atoms with Gasteiger partial charge in [-0.15, -0.1) is 0 Å². The van der Waals surface area contributed by atoms with Crippen molar-refractivity contribution in [2.45, 2.75) is 52.7 Å². The molecule has 0 aromatic rings. The van der Waals surface area contributed by atoms with Crippen molar-refractivity contribution >= 4 is 22.0 Å². The minimum atomic E-state index is -3.72. The van der Waals surface area contributed by atoms with E-state index in [1.54, 1.807) is 13.8 Å². The van der Waals surface area contributed by atoms with E-state index in [4.69, 9.17) is 8.92 Å². The van der Waals surface area contributed by atoms with Crippen LogP contribution in [-0.2, 0) is 28.6 Å². The predicted molar refractivity (Wildman–Crippen MR) is 92.0 cm³/mol. The fraction of sp³-hybridized carbons (Fsp3) is 0.765. The summed E-state index contributed by atoms with van der Waals surface area (Å²) in [4.78, 5) is 23.9. The Kier molecular flexibility index (Phi) is 4.62. The van der Waals surface area contributed by atoms with E-state index in [9.17, 15) is 18.0 Å². The lowest BCUT2D eigenvalue weighted by Gasteiger charge is -2.51. The van der Waals surface area contributed by atoms with Crippen LogP contribution in [0.5, 0.6) is 0 Å². The zero-order valence-electron chi connectivity index (χ0n) is 15.6. The first-order chi connectivity index (χ1) is 11.2. The lowest BCUT2D eigenvalue weighted by Crippen LogP contribution is -2.65. The van der Waals surface area contributed by atoms with Crippen LogP contribution in [0.25, 0.3) is 0 Å². The zero-order valence-corrected chi connectivity index (χ0v) is 16.5. The van der Waals surface area contributed by atoms with Gasteiger partial charge in [0.15, 0.2) is 0 Å². The van der Waals surface area contributed by atoms with E-state index in [0.29, 0.717) is 0 Å². The Balaban J connectivity index is 2.31. The maximum Gasteiger partial charge on any atom is 0.326 e. The van der Waals surface area contributed by atoms with Crippen molar-refractivity contribution in [3.63, 3.8) is 0 Å². The number of hydrogen-bond acceptors (Lipinski definition) is 6. The van der Waals surface area contributed by atoms with E-state index < -0.39 is 38.6 Å². The summed E-state index contributed by atoms with van der Waals surface area (Å²) in [6.07, 6.45) is 0. The molecule has 5 atom stereocenters. The summed E-state index contributed by atoms with van der Waals surface area (Å²) in [6.45, 7) is 13.8. The third-order valence-electron chi connectivity index (χ3n) is 6.54. The zero-order chi connectivity index (χ0) is 19.4. The Bertz CT molecular complexity index is 699. The summed E-state index contributed by atoms with van der Waals surface area (Å²) in [5.74, 6) is -1.48. The van der Waals surface area contributed by atoms with E-state index in [1.807, 2.05) is 20.8 Å². The molecule has 2 aliphatic rings. The van der Waals surface area contributed by atoms with Gasteiger partial charge in [0.1, 0.15) is 17.7 Å². The summed E-state index contributed by atoms with van der Waals surface area (Å²) >= 11 is 0. The molecule has 0 aromatic heterocycles. The lowest BCUT2D eigenvalue weighted by molar-refractivity contribution is -0.202. The molecular weight excluding hydrogens is 346 g/mol. The molecule has 1 saturated heterocycles. The number of amides is 1. The summed E-state index contributed by atoms with van der Waals surface area (Å²) in [6, 6.07) is 0. The molecule has 1 amide bonds. The van der Waals surface area contributed by atoms with Crippen molar-refractivity contribution < 1.29 is 26.9 Å². The first-order valence-electron chi connectivity index (χ1n) is 8.29. The first kappa shape index (κ1) is 19.9. The number of hydrogen-bond donors (Lipinski definition) is 1. The van der Waals surface area contributed by atoms with Crippen LogP contribution in [0.3, 0.4) is 0 Å². The molecule has 25 heavy (non-hydrogen) atoms. The summed E-state index contributed by atoms with van der Waals surface area (Å²) in [5.41, 5.74) is -2.83. The standard InChI is InChI=1S/C17H27NO6S/c1-10(2)14(20)18-8-13(19)23-17(7)15(5)9-25(21,22)24-16(17,6)12(4)11(15)3/h11-12H,1,8-9H2,2-7H3,(H,18,20). The minimum absolute atomic E-state index is 0.0439. The van der Waals surface area contributed by atoms with Crippen molar-refractivity contribution in [3.05, 3.63) is 12.2 Å². The first-order valence-corrected chi connectivity index (χ1v) is 9.87. The number of fused-ring (bicyclic) bond motifs is 2. The van der Waals surface area contributed by atoms with Crippen LogP contribution in [0, 0.1) is 17.3 Å². The quantitative estimate of drug-likeness (QED) is 0.454. The van der Waals surface area contributed by atoms with E-state index >= 15 is 0 Å². The number of rotatable bonds is 4. The Labute approximate surface area is 149 Å². The molecule has 5 unspecified atom stereocenters. The van der Waals surface area contributed by atoms with Crippen LogP contribution >= 0.6 is 0 Å². The third-order valence-corrected chi connectivity index (χ3v) is 8.09. The van der Waals surface area contributed by atoms with Gasteiger partial charge in [-0.25, -0.2) is 0 Å². The highest BCUT2D eigenvalue weighted by Crippen LogP contribution is 2.65. The van der Waals surface area contributed by atoms with Crippen molar-refractivity contribution in [1.29, 1.82) is 0 Å². The Morgan fingerprint density at radius 3 is 2.28 bits per heavy atom. The van der Waals surface area contributed by atoms with Crippen LogP contribution < -0.4 is 5.32 Å².